The Labute approximate surface area is 214 Å². The summed E-state index contributed by atoms with van der Waals surface area (Å²) in [5.74, 6) is 1.19. The number of hydrogen-bond donors (Lipinski definition) is 2. The number of aromatic nitrogens is 3. The van der Waals surface area contributed by atoms with Gasteiger partial charge in [-0.2, -0.15) is 0 Å². The van der Waals surface area contributed by atoms with Gasteiger partial charge in [0, 0.05) is 12.2 Å². The molecule has 0 saturated heterocycles. The average Bonchev–Trinajstić information content (AvgIpc) is 3.25. The second kappa shape index (κ2) is 12.6. The summed E-state index contributed by atoms with van der Waals surface area (Å²) in [5, 5.41) is 15.6. The molecule has 0 aliphatic heterocycles. The number of halogens is 1. The normalized spacial score (nSPS) is 11.8. The number of ether oxygens (including phenoxy) is 1. The Kier molecular flexibility index (Phi) is 9.56. The van der Waals surface area contributed by atoms with E-state index in [1.807, 2.05) is 44.4 Å². The van der Waals surface area contributed by atoms with E-state index in [2.05, 4.69) is 20.8 Å². The molecular weight excluding hydrogens is 486 g/mol. The van der Waals surface area contributed by atoms with E-state index >= 15 is 0 Å². The lowest BCUT2D eigenvalue weighted by atomic mass is 10.0. The van der Waals surface area contributed by atoms with Crippen LogP contribution in [0.4, 0.5) is 5.69 Å². The first-order valence-electron chi connectivity index (χ1n) is 11.5. The number of nitrogens with one attached hydrogen (secondary N) is 2. The van der Waals surface area contributed by atoms with Gasteiger partial charge in [-0.05, 0) is 56.2 Å². The molecule has 0 aliphatic rings. The first-order valence-corrected chi connectivity index (χ1v) is 12.8. The molecule has 2 N–H and O–H groups in total. The molecule has 0 bridgehead atoms. The Morgan fingerprint density at radius 2 is 1.80 bits per heavy atom. The number of hydrogen-bond acceptors (Lipinski definition) is 6. The van der Waals surface area contributed by atoms with Crippen LogP contribution in [0.3, 0.4) is 0 Å². The van der Waals surface area contributed by atoms with Crippen LogP contribution in [0, 0.1) is 5.92 Å². The van der Waals surface area contributed by atoms with E-state index in [-0.39, 0.29) is 29.5 Å². The highest BCUT2D eigenvalue weighted by Gasteiger charge is 2.26. The fourth-order valence-electron chi connectivity index (χ4n) is 3.46. The van der Waals surface area contributed by atoms with Crippen molar-refractivity contribution in [1.29, 1.82) is 0 Å². The van der Waals surface area contributed by atoms with Crippen molar-refractivity contribution in [2.75, 3.05) is 17.7 Å². The summed E-state index contributed by atoms with van der Waals surface area (Å²) in [4.78, 5) is 25.4. The van der Waals surface area contributed by atoms with E-state index in [1.54, 1.807) is 36.4 Å². The van der Waals surface area contributed by atoms with Crippen molar-refractivity contribution < 1.29 is 14.3 Å². The minimum atomic E-state index is -0.377. The quantitative estimate of drug-likeness (QED) is 0.340. The molecule has 0 fully saturated rings. The predicted octanol–water partition coefficient (Wildman–Crippen LogP) is 5.21. The Bertz CT molecular complexity index is 1150. The number of rotatable bonds is 11. The number of carbonyl (C=O) groups excluding carboxylic acids is 2. The summed E-state index contributed by atoms with van der Waals surface area (Å²) in [7, 11) is 0. The molecule has 0 aliphatic carbocycles. The van der Waals surface area contributed by atoms with Crippen LogP contribution in [-0.4, -0.2) is 38.9 Å². The molecule has 0 radical (unpaired) electrons. The predicted molar refractivity (Wildman–Crippen MR) is 139 cm³/mol. The molecule has 1 atom stereocenters. The topological polar surface area (TPSA) is 98.1 Å². The van der Waals surface area contributed by atoms with E-state index < -0.39 is 0 Å². The number of nitrogens with zero attached hydrogens (tertiary/aromatic N) is 3. The fourth-order valence-corrected chi connectivity index (χ4v) is 4.49. The van der Waals surface area contributed by atoms with Crippen LogP contribution in [0.2, 0.25) is 5.02 Å². The van der Waals surface area contributed by atoms with Crippen molar-refractivity contribution in [2.45, 2.75) is 45.4 Å². The van der Waals surface area contributed by atoms with Crippen molar-refractivity contribution in [3.63, 3.8) is 0 Å². The molecule has 2 amide bonds. The Balaban J connectivity index is 1.68. The van der Waals surface area contributed by atoms with Crippen LogP contribution >= 0.6 is 23.4 Å². The third kappa shape index (κ3) is 6.99. The fraction of sp³-hybridized carbons (Fsp3) is 0.360. The molecule has 0 spiro atoms. The molecule has 0 saturated carbocycles. The van der Waals surface area contributed by atoms with E-state index in [0.29, 0.717) is 40.4 Å². The van der Waals surface area contributed by atoms with Crippen molar-refractivity contribution in [3.05, 3.63) is 64.9 Å². The summed E-state index contributed by atoms with van der Waals surface area (Å²) in [6.07, 6.45) is 0. The van der Waals surface area contributed by atoms with Crippen LogP contribution in [0.5, 0.6) is 5.75 Å². The number of thioether (sulfide) groups is 1. The molecule has 1 aromatic heterocycles. The molecule has 1 heterocycles. The highest BCUT2D eigenvalue weighted by molar-refractivity contribution is 7.99. The van der Waals surface area contributed by atoms with Crippen LogP contribution < -0.4 is 15.4 Å². The third-order valence-electron chi connectivity index (χ3n) is 5.19. The second-order valence-electron chi connectivity index (χ2n) is 8.05. The van der Waals surface area contributed by atoms with Gasteiger partial charge in [0.25, 0.3) is 5.91 Å². The smallest absolute Gasteiger partial charge is 0.253 e. The minimum Gasteiger partial charge on any atom is -0.494 e. The SMILES string of the molecule is CCOc1ccc(NC(=O)CSc2nnc([C@H](NC(=O)c3ccccc3Cl)C(C)C)n2CC)cc1. The van der Waals surface area contributed by atoms with Crippen molar-refractivity contribution in [1.82, 2.24) is 20.1 Å². The minimum absolute atomic E-state index is 0.0525. The van der Waals surface area contributed by atoms with Crippen LogP contribution in [0.15, 0.2) is 53.7 Å². The van der Waals surface area contributed by atoms with E-state index in [9.17, 15) is 9.59 Å². The van der Waals surface area contributed by atoms with E-state index in [0.717, 1.165) is 5.75 Å². The zero-order valence-corrected chi connectivity index (χ0v) is 21.8. The first-order chi connectivity index (χ1) is 16.8. The van der Waals surface area contributed by atoms with Crippen LogP contribution in [0.25, 0.3) is 0 Å². The third-order valence-corrected chi connectivity index (χ3v) is 6.49. The highest BCUT2D eigenvalue weighted by Crippen LogP contribution is 2.26. The molecule has 3 rings (SSSR count). The van der Waals surface area contributed by atoms with E-state index in [4.69, 9.17) is 16.3 Å². The van der Waals surface area contributed by atoms with Crippen molar-refractivity contribution in [3.8, 4) is 5.75 Å². The lowest BCUT2D eigenvalue weighted by Gasteiger charge is -2.22. The molecule has 0 unspecified atom stereocenters. The lowest BCUT2D eigenvalue weighted by Crippen LogP contribution is -2.34. The summed E-state index contributed by atoms with van der Waals surface area (Å²) in [5.41, 5.74) is 1.10. The number of amides is 2. The monoisotopic (exact) mass is 515 g/mol. The van der Waals surface area contributed by atoms with Gasteiger partial charge in [0.2, 0.25) is 5.91 Å². The van der Waals surface area contributed by atoms with Crippen LogP contribution in [-0.2, 0) is 11.3 Å². The van der Waals surface area contributed by atoms with E-state index in [1.165, 1.54) is 11.8 Å². The molecule has 8 nitrogen and oxygen atoms in total. The van der Waals surface area contributed by atoms with Crippen molar-refractivity contribution >= 4 is 40.9 Å². The van der Waals surface area contributed by atoms with Gasteiger partial charge >= 0.3 is 0 Å². The molecule has 35 heavy (non-hydrogen) atoms. The van der Waals surface area contributed by atoms with Gasteiger partial charge in [0.15, 0.2) is 11.0 Å². The first kappa shape index (κ1) is 26.6. The standard InChI is InChI=1S/C25H30ClN5O3S/c1-5-31-23(22(16(3)4)28-24(33)19-9-7-8-10-20(19)26)29-30-25(31)35-15-21(32)27-17-11-13-18(14-12-17)34-6-2/h7-14,16,22H,5-6,15H2,1-4H3,(H,27,32)(H,28,33)/t22-/m1/s1. The summed E-state index contributed by atoms with van der Waals surface area (Å²) in [6, 6.07) is 13.8. The molecule has 186 valence electrons. The van der Waals surface area contributed by atoms with Gasteiger partial charge in [-0.1, -0.05) is 49.3 Å². The molecule has 2 aromatic carbocycles. The maximum Gasteiger partial charge on any atom is 0.253 e. The van der Waals surface area contributed by atoms with Gasteiger partial charge in [-0.15, -0.1) is 10.2 Å². The zero-order valence-electron chi connectivity index (χ0n) is 20.2. The van der Waals surface area contributed by atoms with Crippen molar-refractivity contribution in [2.24, 2.45) is 5.92 Å². The Morgan fingerprint density at radius 3 is 2.43 bits per heavy atom. The summed E-state index contributed by atoms with van der Waals surface area (Å²) >= 11 is 7.50. The average molecular weight is 516 g/mol. The zero-order chi connectivity index (χ0) is 25.4. The molecule has 10 heteroatoms. The van der Waals surface area contributed by atoms with Gasteiger partial charge < -0.3 is 19.9 Å². The Morgan fingerprint density at radius 1 is 1.09 bits per heavy atom. The lowest BCUT2D eigenvalue weighted by molar-refractivity contribution is -0.113. The van der Waals surface area contributed by atoms with Gasteiger partial charge in [-0.25, -0.2) is 0 Å². The largest absolute Gasteiger partial charge is 0.494 e. The maximum absolute atomic E-state index is 12.9. The molecule has 3 aromatic rings. The van der Waals surface area contributed by atoms with Gasteiger partial charge in [0.1, 0.15) is 5.75 Å². The number of carbonyl (C=O) groups is 2. The van der Waals surface area contributed by atoms with Crippen LogP contribution in [0.1, 0.15) is 49.9 Å². The number of anilines is 1. The summed E-state index contributed by atoms with van der Waals surface area (Å²) < 4.78 is 7.35. The maximum atomic E-state index is 12.9. The number of benzene rings is 2. The van der Waals surface area contributed by atoms with Gasteiger partial charge in [-0.3, -0.25) is 9.59 Å². The Hall–Kier alpha value is -3.04. The highest BCUT2D eigenvalue weighted by atomic mass is 35.5. The van der Waals surface area contributed by atoms with Gasteiger partial charge in [0.05, 0.1) is 29.0 Å². The second-order valence-corrected chi connectivity index (χ2v) is 9.40. The molecular formula is C25H30ClN5O3S. The summed E-state index contributed by atoms with van der Waals surface area (Å²) in [6.45, 7) is 9.08.